The quantitative estimate of drug-likeness (QED) is 0.382. The summed E-state index contributed by atoms with van der Waals surface area (Å²) in [7, 11) is 0. The molecule has 1 atom stereocenters. The lowest BCUT2D eigenvalue weighted by atomic mass is 10.0. The molecule has 1 heterocycles. The second-order valence-electron chi connectivity index (χ2n) is 7.22. The minimum atomic E-state index is -4.51. The van der Waals surface area contributed by atoms with Crippen LogP contribution in [0.4, 0.5) is 36.3 Å². The van der Waals surface area contributed by atoms with Gasteiger partial charge in [0.15, 0.2) is 0 Å². The zero-order valence-electron chi connectivity index (χ0n) is 17.0. The second kappa shape index (κ2) is 9.96. The zero-order chi connectivity index (χ0) is 23.2. The summed E-state index contributed by atoms with van der Waals surface area (Å²) in [6, 6.07) is 6.18. The smallest absolute Gasteiger partial charge is 0.374 e. The number of hydrogen-bond donors (Lipinski definition) is 5. The van der Waals surface area contributed by atoms with Gasteiger partial charge in [0.05, 0.1) is 5.56 Å². The molecule has 0 saturated carbocycles. The van der Waals surface area contributed by atoms with Crippen molar-refractivity contribution in [1.82, 2.24) is 9.97 Å². The summed E-state index contributed by atoms with van der Waals surface area (Å²) in [6.45, 7) is 2.57. The number of halogens is 3. The summed E-state index contributed by atoms with van der Waals surface area (Å²) in [5, 5.41) is 7.93. The van der Waals surface area contributed by atoms with Crippen LogP contribution in [0.25, 0.3) is 0 Å². The molecule has 2 aromatic rings. The van der Waals surface area contributed by atoms with Gasteiger partial charge in [-0.25, -0.2) is 4.98 Å². The highest BCUT2D eigenvalue weighted by Crippen LogP contribution is 2.22. The van der Waals surface area contributed by atoms with E-state index >= 15 is 0 Å². The predicted octanol–water partition coefficient (Wildman–Crippen LogP) is 2.61. The van der Waals surface area contributed by atoms with Gasteiger partial charge in [0.2, 0.25) is 11.9 Å². The lowest BCUT2D eigenvalue weighted by molar-refractivity contribution is -0.119. The van der Waals surface area contributed by atoms with E-state index in [1.54, 1.807) is 24.3 Å². The van der Waals surface area contributed by atoms with Crippen molar-refractivity contribution < 1.29 is 22.8 Å². The molecule has 168 valence electrons. The van der Waals surface area contributed by atoms with Gasteiger partial charge in [0.1, 0.15) is 18.4 Å². The number of benzene rings is 1. The van der Waals surface area contributed by atoms with Crippen LogP contribution in [0, 0.1) is 5.92 Å². The van der Waals surface area contributed by atoms with Crippen LogP contribution < -0.4 is 27.4 Å². The summed E-state index contributed by atoms with van der Waals surface area (Å²) >= 11 is 0. The van der Waals surface area contributed by atoms with E-state index in [4.69, 9.17) is 11.5 Å². The average Bonchev–Trinajstić information content (AvgIpc) is 2.66. The molecule has 0 aliphatic heterocycles. The summed E-state index contributed by atoms with van der Waals surface area (Å²) in [4.78, 5) is 30.8. The van der Waals surface area contributed by atoms with Gasteiger partial charge in [0, 0.05) is 17.6 Å². The van der Waals surface area contributed by atoms with Gasteiger partial charge in [-0.15, -0.1) is 0 Å². The maximum Gasteiger partial charge on any atom is 0.405 e. The number of hydrogen-bond acceptors (Lipinski definition) is 7. The third-order valence-corrected chi connectivity index (χ3v) is 4.04. The summed E-state index contributed by atoms with van der Waals surface area (Å²) in [5.41, 5.74) is 11.5. The van der Waals surface area contributed by atoms with E-state index in [2.05, 4.69) is 20.6 Å². The molecule has 31 heavy (non-hydrogen) atoms. The van der Waals surface area contributed by atoms with E-state index in [1.165, 1.54) is 0 Å². The molecule has 0 saturated heterocycles. The van der Waals surface area contributed by atoms with Crippen LogP contribution in [0.2, 0.25) is 0 Å². The first-order valence-electron chi connectivity index (χ1n) is 9.35. The largest absolute Gasteiger partial charge is 0.405 e. The molecular weight excluding hydrogens is 415 g/mol. The molecule has 0 radical (unpaired) electrons. The van der Waals surface area contributed by atoms with Gasteiger partial charge in [-0.3, -0.25) is 9.59 Å². The number of alkyl halides is 3. The fourth-order valence-electron chi connectivity index (χ4n) is 2.64. The number of nitrogens with two attached hydrogens (primary N) is 2. The highest BCUT2D eigenvalue weighted by Gasteiger charge is 2.28. The van der Waals surface area contributed by atoms with Crippen LogP contribution in [-0.2, 0) is 4.79 Å². The molecule has 12 heteroatoms. The Hall–Kier alpha value is -3.57. The molecule has 1 unspecified atom stereocenters. The molecule has 0 bridgehead atoms. The highest BCUT2D eigenvalue weighted by molar-refractivity contribution is 5.97. The number of primary amides is 2. The first-order valence-corrected chi connectivity index (χ1v) is 9.35. The van der Waals surface area contributed by atoms with Crippen molar-refractivity contribution in [2.75, 3.05) is 22.5 Å². The molecule has 7 N–H and O–H groups in total. The van der Waals surface area contributed by atoms with Crippen LogP contribution in [0.5, 0.6) is 0 Å². The van der Waals surface area contributed by atoms with E-state index in [9.17, 15) is 22.8 Å². The number of carbonyl (C=O) groups is 2. The maximum absolute atomic E-state index is 12.5. The lowest BCUT2D eigenvalue weighted by Gasteiger charge is -2.19. The van der Waals surface area contributed by atoms with Gasteiger partial charge in [0.25, 0.3) is 5.91 Å². The average molecular weight is 439 g/mol. The first kappa shape index (κ1) is 23.7. The van der Waals surface area contributed by atoms with Crippen LogP contribution in [0.15, 0.2) is 30.5 Å². The normalized spacial score (nSPS) is 12.3. The summed E-state index contributed by atoms with van der Waals surface area (Å²) in [6.07, 6.45) is -2.90. The molecule has 1 aromatic heterocycles. The molecule has 0 fully saturated rings. The van der Waals surface area contributed by atoms with Gasteiger partial charge in [-0.05, 0) is 36.6 Å². The van der Waals surface area contributed by atoms with E-state index < -0.39 is 30.6 Å². The van der Waals surface area contributed by atoms with Crippen LogP contribution >= 0.6 is 0 Å². The molecule has 9 nitrogen and oxygen atoms in total. The Morgan fingerprint density at radius 3 is 2.23 bits per heavy atom. The third-order valence-electron chi connectivity index (χ3n) is 4.04. The molecule has 1 aromatic carbocycles. The Labute approximate surface area is 176 Å². The minimum absolute atomic E-state index is 0.0368. The van der Waals surface area contributed by atoms with E-state index in [0.717, 1.165) is 6.20 Å². The van der Waals surface area contributed by atoms with Gasteiger partial charge in [-0.2, -0.15) is 18.2 Å². The van der Waals surface area contributed by atoms with Crippen molar-refractivity contribution in [2.45, 2.75) is 32.5 Å². The Kier molecular flexibility index (Phi) is 7.61. The number of carbonyl (C=O) groups excluding carboxylic acids is 2. The van der Waals surface area contributed by atoms with E-state index in [1.807, 2.05) is 19.2 Å². The molecule has 0 aliphatic carbocycles. The maximum atomic E-state index is 12.5. The topological polar surface area (TPSA) is 148 Å². The van der Waals surface area contributed by atoms with E-state index in [0.29, 0.717) is 17.8 Å². The van der Waals surface area contributed by atoms with Crippen molar-refractivity contribution in [3.8, 4) is 0 Å². The fraction of sp³-hybridized carbons (Fsp3) is 0.368. The molecule has 2 rings (SSSR count). The zero-order valence-corrected chi connectivity index (χ0v) is 17.0. The molecular formula is C19H24F3N7O2. The van der Waals surface area contributed by atoms with Crippen molar-refractivity contribution >= 4 is 35.0 Å². The highest BCUT2D eigenvalue weighted by atomic mass is 19.4. The Morgan fingerprint density at radius 2 is 1.71 bits per heavy atom. The molecule has 0 spiro atoms. The molecule has 2 amide bonds. The van der Waals surface area contributed by atoms with E-state index in [-0.39, 0.29) is 23.2 Å². The number of rotatable bonds is 10. The fourth-order valence-corrected chi connectivity index (χ4v) is 2.64. The van der Waals surface area contributed by atoms with Crippen molar-refractivity contribution in [2.24, 2.45) is 17.4 Å². The summed E-state index contributed by atoms with van der Waals surface area (Å²) in [5.74, 6) is -1.52. The monoisotopic (exact) mass is 439 g/mol. The predicted molar refractivity (Wildman–Crippen MR) is 111 cm³/mol. The Morgan fingerprint density at radius 1 is 1.10 bits per heavy atom. The van der Waals surface area contributed by atoms with Crippen molar-refractivity contribution in [1.29, 1.82) is 0 Å². The van der Waals surface area contributed by atoms with Gasteiger partial charge < -0.3 is 27.4 Å². The SMILES string of the molecule is CC(C)CC(Nc1ccc(Nc2ncc(C(N)=O)c(NCC(F)(F)F)n2)cc1)C(N)=O. The first-order chi connectivity index (χ1) is 14.4. The standard InChI is InChI=1S/C19H24F3N7O2/c1-10(2)7-14(16(24)31)27-11-3-5-12(6-4-11)28-18-25-8-13(15(23)30)17(29-18)26-9-19(20,21)22/h3-6,8,10,14,27H,7,9H2,1-2H3,(H2,23,30)(H2,24,31)(H2,25,26,28,29). The van der Waals surface area contributed by atoms with Crippen molar-refractivity contribution in [3.05, 3.63) is 36.0 Å². The summed E-state index contributed by atoms with van der Waals surface area (Å²) < 4.78 is 37.5. The number of nitrogens with zero attached hydrogens (tertiary/aromatic N) is 2. The third kappa shape index (κ3) is 7.64. The van der Waals surface area contributed by atoms with Gasteiger partial charge >= 0.3 is 6.18 Å². The van der Waals surface area contributed by atoms with Crippen LogP contribution in [-0.4, -0.2) is 40.5 Å². The van der Waals surface area contributed by atoms with Crippen LogP contribution in [0.3, 0.4) is 0 Å². The van der Waals surface area contributed by atoms with Gasteiger partial charge in [-0.1, -0.05) is 13.8 Å². The number of aromatic nitrogens is 2. The van der Waals surface area contributed by atoms with Crippen molar-refractivity contribution in [3.63, 3.8) is 0 Å². The Bertz CT molecular complexity index is 918. The Balaban J connectivity index is 2.13. The van der Waals surface area contributed by atoms with Crippen LogP contribution in [0.1, 0.15) is 30.6 Å². The lowest BCUT2D eigenvalue weighted by Crippen LogP contribution is -2.36. The number of amides is 2. The minimum Gasteiger partial charge on any atom is -0.374 e. The second-order valence-corrected chi connectivity index (χ2v) is 7.22. The number of nitrogens with one attached hydrogen (secondary N) is 3. The molecule has 0 aliphatic rings. The number of anilines is 4.